The lowest BCUT2D eigenvalue weighted by atomic mass is 10.1. The van der Waals surface area contributed by atoms with Crippen molar-refractivity contribution in [3.63, 3.8) is 0 Å². The molecular weight excluding hydrogens is 426 g/mol. The van der Waals surface area contributed by atoms with Gasteiger partial charge < -0.3 is 30.7 Å². The molecule has 0 fully saturated rings. The van der Waals surface area contributed by atoms with Crippen LogP contribution in [0.15, 0.2) is 36.8 Å². The summed E-state index contributed by atoms with van der Waals surface area (Å²) in [4.78, 5) is 37.3. The van der Waals surface area contributed by atoms with Crippen molar-refractivity contribution in [2.24, 2.45) is 0 Å². The van der Waals surface area contributed by atoms with E-state index in [9.17, 15) is 14.7 Å². The fraction of sp³-hybridized carbons (Fsp3) is 0.364. The molecule has 0 radical (unpaired) electrons. The second-order valence-electron chi connectivity index (χ2n) is 7.84. The largest absolute Gasteiger partial charge is 0.492 e. The van der Waals surface area contributed by atoms with E-state index in [1.807, 2.05) is 24.3 Å². The first-order valence-corrected chi connectivity index (χ1v) is 10.6. The van der Waals surface area contributed by atoms with Crippen molar-refractivity contribution in [1.29, 1.82) is 0 Å². The summed E-state index contributed by atoms with van der Waals surface area (Å²) in [5.74, 6) is 1.06. The standard InChI is InChI=1S/C22H27N7O4/c1-28-8-9-33-15-5-3-4-14(10-15)24-11-16-18-19(25-13-26-20(18)27-21(16)31)23-6-7-29(2)22(32)17(28)12-30/h3-5,10-11,13,17,24,30H,6-9,12H2,1-2H3,(H2,23,25,26,27,31)/b16-11-/t17-/m1/s1. The van der Waals surface area contributed by atoms with Crippen molar-refractivity contribution in [3.8, 4) is 5.75 Å². The highest BCUT2D eigenvalue weighted by molar-refractivity contribution is 6.32. The second-order valence-corrected chi connectivity index (χ2v) is 7.84. The normalized spacial score (nSPS) is 21.4. The molecule has 1 aromatic carbocycles. The summed E-state index contributed by atoms with van der Waals surface area (Å²) in [6, 6.07) is 6.67. The quantitative estimate of drug-likeness (QED) is 0.485. The highest BCUT2D eigenvalue weighted by atomic mass is 16.5. The first-order chi connectivity index (χ1) is 16.0. The first-order valence-electron chi connectivity index (χ1n) is 10.6. The van der Waals surface area contributed by atoms with E-state index in [2.05, 4.69) is 25.9 Å². The number of hydrogen-bond donors (Lipinski definition) is 4. The number of carbonyl (C=O) groups excluding carboxylic acids is 2. The molecule has 11 nitrogen and oxygen atoms in total. The average Bonchev–Trinajstić information content (AvgIpc) is 3.13. The molecular formula is C22H27N7O4. The zero-order valence-corrected chi connectivity index (χ0v) is 18.5. The molecule has 2 aliphatic rings. The van der Waals surface area contributed by atoms with Gasteiger partial charge in [-0.2, -0.15) is 0 Å². The number of nitrogens with zero attached hydrogens (tertiary/aromatic N) is 4. The Kier molecular flexibility index (Phi) is 6.71. The van der Waals surface area contributed by atoms with Crippen LogP contribution in [0.5, 0.6) is 5.75 Å². The lowest BCUT2D eigenvalue weighted by molar-refractivity contribution is -0.136. The summed E-state index contributed by atoms with van der Waals surface area (Å²) in [7, 11) is 3.47. The molecule has 0 spiro atoms. The smallest absolute Gasteiger partial charge is 0.259 e. The van der Waals surface area contributed by atoms with Crippen molar-refractivity contribution in [2.45, 2.75) is 6.04 Å². The molecule has 4 rings (SSSR count). The highest BCUT2D eigenvalue weighted by Gasteiger charge is 2.30. The van der Waals surface area contributed by atoms with Crippen LogP contribution in [0.3, 0.4) is 0 Å². The first kappa shape index (κ1) is 22.5. The van der Waals surface area contributed by atoms with Gasteiger partial charge in [-0.1, -0.05) is 6.07 Å². The minimum Gasteiger partial charge on any atom is -0.492 e. The average molecular weight is 454 g/mol. The Bertz CT molecular complexity index is 1070. The predicted octanol–water partition coefficient (Wildman–Crippen LogP) is 0.437. The number of aliphatic hydroxyl groups is 1. The molecule has 2 bridgehead atoms. The van der Waals surface area contributed by atoms with Crippen molar-refractivity contribution in [2.75, 3.05) is 62.9 Å². The molecule has 1 aromatic heterocycles. The molecule has 0 saturated carbocycles. The fourth-order valence-corrected chi connectivity index (χ4v) is 3.70. The van der Waals surface area contributed by atoms with Gasteiger partial charge in [0.1, 0.15) is 36.4 Å². The van der Waals surface area contributed by atoms with Crippen LogP contribution in [0, 0.1) is 0 Å². The Morgan fingerprint density at radius 1 is 1.18 bits per heavy atom. The molecule has 3 heterocycles. The van der Waals surface area contributed by atoms with Gasteiger partial charge in [0.2, 0.25) is 5.91 Å². The van der Waals surface area contributed by atoms with Crippen LogP contribution in [-0.4, -0.2) is 89.7 Å². The lowest BCUT2D eigenvalue weighted by Crippen LogP contribution is -2.50. The molecule has 2 aliphatic heterocycles. The van der Waals surface area contributed by atoms with Crippen molar-refractivity contribution in [3.05, 3.63) is 42.4 Å². The number of aliphatic hydroxyl groups excluding tert-OH is 1. The van der Waals surface area contributed by atoms with E-state index >= 15 is 0 Å². The molecule has 0 aliphatic carbocycles. The summed E-state index contributed by atoms with van der Waals surface area (Å²) in [5, 5.41) is 18.9. The molecule has 2 aromatic rings. The van der Waals surface area contributed by atoms with Crippen LogP contribution in [0.1, 0.15) is 5.56 Å². The summed E-state index contributed by atoms with van der Waals surface area (Å²) in [5.41, 5.74) is 1.70. The summed E-state index contributed by atoms with van der Waals surface area (Å²) in [6.07, 6.45) is 2.99. The number of nitrogens with one attached hydrogen (secondary N) is 3. The maximum atomic E-state index is 12.9. The van der Waals surface area contributed by atoms with Crippen LogP contribution in [0.2, 0.25) is 0 Å². The molecule has 0 unspecified atom stereocenters. The second kappa shape index (κ2) is 9.84. The summed E-state index contributed by atoms with van der Waals surface area (Å²) in [6.45, 7) is 1.27. The molecule has 2 amide bonds. The summed E-state index contributed by atoms with van der Waals surface area (Å²) < 4.78 is 5.84. The number of aromatic nitrogens is 2. The van der Waals surface area contributed by atoms with E-state index in [1.54, 1.807) is 30.1 Å². The minimum absolute atomic E-state index is 0.195. The Hall–Kier alpha value is -3.70. The highest BCUT2D eigenvalue weighted by Crippen LogP contribution is 2.34. The van der Waals surface area contributed by atoms with Gasteiger partial charge in [0, 0.05) is 44.6 Å². The molecule has 11 heteroatoms. The Morgan fingerprint density at radius 2 is 2.00 bits per heavy atom. The maximum absolute atomic E-state index is 12.9. The summed E-state index contributed by atoms with van der Waals surface area (Å²) >= 11 is 0. The molecule has 174 valence electrons. The molecule has 0 saturated heterocycles. The Labute approximate surface area is 191 Å². The van der Waals surface area contributed by atoms with Gasteiger partial charge in [0.25, 0.3) is 5.91 Å². The van der Waals surface area contributed by atoms with Gasteiger partial charge in [-0.15, -0.1) is 0 Å². The van der Waals surface area contributed by atoms with Crippen molar-refractivity contribution in [1.82, 2.24) is 19.8 Å². The van der Waals surface area contributed by atoms with Crippen LogP contribution in [0.25, 0.3) is 5.57 Å². The third-order valence-electron chi connectivity index (χ3n) is 5.63. The number of fused-ring (bicyclic) bond motifs is 2. The fourth-order valence-electron chi connectivity index (χ4n) is 3.70. The number of carbonyl (C=O) groups is 2. The molecule has 33 heavy (non-hydrogen) atoms. The van der Waals surface area contributed by atoms with Gasteiger partial charge in [-0.05, 0) is 19.2 Å². The zero-order valence-electron chi connectivity index (χ0n) is 18.5. The van der Waals surface area contributed by atoms with Crippen LogP contribution >= 0.6 is 0 Å². The third kappa shape index (κ3) is 4.89. The number of rotatable bonds is 1. The van der Waals surface area contributed by atoms with Crippen LogP contribution in [0.4, 0.5) is 17.3 Å². The van der Waals surface area contributed by atoms with E-state index in [-0.39, 0.29) is 18.4 Å². The van der Waals surface area contributed by atoms with E-state index in [0.29, 0.717) is 54.8 Å². The van der Waals surface area contributed by atoms with Gasteiger partial charge in [0.05, 0.1) is 17.7 Å². The number of anilines is 3. The number of benzene rings is 1. The molecule has 4 N–H and O–H groups in total. The van der Waals surface area contributed by atoms with Gasteiger partial charge in [0.15, 0.2) is 0 Å². The monoisotopic (exact) mass is 453 g/mol. The van der Waals surface area contributed by atoms with Crippen LogP contribution < -0.4 is 20.7 Å². The van der Waals surface area contributed by atoms with E-state index in [0.717, 1.165) is 5.69 Å². The van der Waals surface area contributed by atoms with Crippen molar-refractivity contribution >= 4 is 34.7 Å². The van der Waals surface area contributed by atoms with Gasteiger partial charge in [-0.25, -0.2) is 9.97 Å². The number of amides is 2. The predicted molar refractivity (Wildman–Crippen MR) is 124 cm³/mol. The minimum atomic E-state index is -0.676. The third-order valence-corrected chi connectivity index (χ3v) is 5.63. The zero-order chi connectivity index (χ0) is 23.4. The van der Waals surface area contributed by atoms with Crippen molar-refractivity contribution < 1.29 is 19.4 Å². The Balaban J connectivity index is 1.66. The Morgan fingerprint density at radius 3 is 2.82 bits per heavy atom. The van der Waals surface area contributed by atoms with E-state index in [4.69, 9.17) is 4.74 Å². The van der Waals surface area contributed by atoms with E-state index in [1.165, 1.54) is 6.33 Å². The van der Waals surface area contributed by atoms with Crippen LogP contribution in [-0.2, 0) is 9.59 Å². The lowest BCUT2D eigenvalue weighted by Gasteiger charge is -2.29. The SMILES string of the molecule is CN1CCNc2ncnc3c2/C(=C/Nc2cccc(c2)OCCN(C)[C@H](CO)C1=O)C(=O)N3. The van der Waals surface area contributed by atoms with Gasteiger partial charge >= 0.3 is 0 Å². The molecule has 1 atom stereocenters. The topological polar surface area (TPSA) is 132 Å². The number of ether oxygens (including phenoxy) is 1. The number of likely N-dealkylation sites (N-methyl/N-ethyl adjacent to an activating group) is 2. The number of hydrogen-bond acceptors (Lipinski definition) is 9. The maximum Gasteiger partial charge on any atom is 0.259 e. The van der Waals surface area contributed by atoms with Gasteiger partial charge in [-0.3, -0.25) is 14.5 Å². The van der Waals surface area contributed by atoms with E-state index < -0.39 is 6.04 Å².